The van der Waals surface area contributed by atoms with Crippen LogP contribution in [-0.2, 0) is 14.8 Å². The quantitative estimate of drug-likeness (QED) is 0.509. The Labute approximate surface area is 84.1 Å². The Morgan fingerprint density at radius 3 is 2.29 bits per heavy atom. The number of hydrogen-bond acceptors (Lipinski definition) is 4. The molecule has 84 valence electrons. The van der Waals surface area contributed by atoms with Crippen LogP contribution in [0.15, 0.2) is 0 Å². The highest BCUT2D eigenvalue weighted by molar-refractivity contribution is 7.89. The first-order valence-corrected chi connectivity index (χ1v) is 5.88. The van der Waals surface area contributed by atoms with Crippen molar-refractivity contribution in [1.29, 1.82) is 0 Å². The zero-order valence-corrected chi connectivity index (χ0v) is 9.23. The van der Waals surface area contributed by atoms with Crippen molar-refractivity contribution in [3.05, 3.63) is 0 Å². The van der Waals surface area contributed by atoms with Crippen molar-refractivity contribution in [2.75, 3.05) is 12.3 Å². The molecular weight excluding hydrogens is 206 g/mol. The molecule has 14 heavy (non-hydrogen) atoms. The molecule has 0 spiro atoms. The molecule has 1 amide bonds. The van der Waals surface area contributed by atoms with Gasteiger partial charge in [0.25, 0.3) is 0 Å². The number of nitrogens with one attached hydrogen (secondary N) is 1. The van der Waals surface area contributed by atoms with Crippen LogP contribution in [0.1, 0.15) is 20.3 Å². The minimum absolute atomic E-state index is 0.0970. The van der Waals surface area contributed by atoms with E-state index in [9.17, 15) is 13.2 Å². The van der Waals surface area contributed by atoms with Crippen LogP contribution in [0.4, 0.5) is 0 Å². The number of amides is 1. The summed E-state index contributed by atoms with van der Waals surface area (Å²) in [6.07, 6.45) is 0.351. The first-order chi connectivity index (χ1) is 6.21. The topological polar surface area (TPSA) is 115 Å². The molecule has 5 N–H and O–H groups in total. The van der Waals surface area contributed by atoms with Crippen molar-refractivity contribution in [2.45, 2.75) is 25.8 Å². The highest BCUT2D eigenvalue weighted by Gasteiger charge is 2.29. The second kappa shape index (κ2) is 4.72. The summed E-state index contributed by atoms with van der Waals surface area (Å²) in [5, 5.41) is 0. The van der Waals surface area contributed by atoms with Crippen LogP contribution in [-0.4, -0.2) is 32.2 Å². The van der Waals surface area contributed by atoms with Gasteiger partial charge in [-0.15, -0.1) is 0 Å². The summed E-state index contributed by atoms with van der Waals surface area (Å²) in [7, 11) is -3.48. The second-order valence-corrected chi connectivity index (χ2v) is 5.39. The molecule has 0 aliphatic rings. The molecule has 0 saturated carbocycles. The summed E-state index contributed by atoms with van der Waals surface area (Å²) in [5.41, 5.74) is 8.93. The van der Waals surface area contributed by atoms with Crippen molar-refractivity contribution in [3.8, 4) is 0 Å². The van der Waals surface area contributed by atoms with Crippen LogP contribution >= 0.6 is 0 Å². The maximum absolute atomic E-state index is 11.3. The van der Waals surface area contributed by atoms with Crippen molar-refractivity contribution in [2.24, 2.45) is 11.5 Å². The Balaban J connectivity index is 4.43. The number of rotatable bonds is 6. The third kappa shape index (κ3) is 4.54. The molecular formula is C7H17N3O3S. The minimum Gasteiger partial charge on any atom is -0.368 e. The molecule has 6 nitrogen and oxygen atoms in total. The van der Waals surface area contributed by atoms with E-state index in [-0.39, 0.29) is 12.3 Å². The lowest BCUT2D eigenvalue weighted by molar-refractivity contribution is -0.122. The number of sulfonamides is 1. The minimum atomic E-state index is -3.48. The normalized spacial score (nSPS) is 12.8. The molecule has 0 unspecified atom stereocenters. The molecule has 0 aliphatic carbocycles. The fraction of sp³-hybridized carbons (Fsp3) is 0.857. The molecule has 0 bridgehead atoms. The SMILES string of the molecule is CC(C)(NS(=O)(=O)CCCN)C(N)=O. The molecule has 0 rings (SSSR count). The predicted molar refractivity (Wildman–Crippen MR) is 53.9 cm³/mol. The van der Waals surface area contributed by atoms with Crippen molar-refractivity contribution in [1.82, 2.24) is 4.72 Å². The molecule has 0 saturated heterocycles. The summed E-state index contributed by atoms with van der Waals surface area (Å²) < 4.78 is 24.9. The van der Waals surface area contributed by atoms with Crippen LogP contribution in [0.2, 0.25) is 0 Å². The van der Waals surface area contributed by atoms with E-state index in [1.165, 1.54) is 13.8 Å². The fourth-order valence-electron chi connectivity index (χ4n) is 0.763. The lowest BCUT2D eigenvalue weighted by atomic mass is 10.1. The van der Waals surface area contributed by atoms with Crippen LogP contribution in [0.3, 0.4) is 0 Å². The lowest BCUT2D eigenvalue weighted by Gasteiger charge is -2.21. The van der Waals surface area contributed by atoms with Gasteiger partial charge in [0.15, 0.2) is 0 Å². The van der Waals surface area contributed by atoms with E-state index in [1.54, 1.807) is 0 Å². The highest BCUT2D eigenvalue weighted by atomic mass is 32.2. The van der Waals surface area contributed by atoms with Crippen LogP contribution in [0, 0.1) is 0 Å². The van der Waals surface area contributed by atoms with E-state index in [0.717, 1.165) is 0 Å². The van der Waals surface area contributed by atoms with Gasteiger partial charge in [0.05, 0.1) is 5.75 Å². The van der Waals surface area contributed by atoms with Gasteiger partial charge in [0.1, 0.15) is 5.54 Å². The summed E-state index contributed by atoms with van der Waals surface area (Å²) in [6.45, 7) is 3.11. The summed E-state index contributed by atoms with van der Waals surface area (Å²) in [4.78, 5) is 10.8. The van der Waals surface area contributed by atoms with E-state index < -0.39 is 21.5 Å². The Kier molecular flexibility index (Phi) is 4.50. The Morgan fingerprint density at radius 2 is 1.93 bits per heavy atom. The van der Waals surface area contributed by atoms with Gasteiger partial charge in [0.2, 0.25) is 15.9 Å². The fourth-order valence-corrected chi connectivity index (χ4v) is 2.29. The number of carbonyl (C=O) groups is 1. The molecule has 0 aromatic carbocycles. The van der Waals surface area contributed by atoms with Gasteiger partial charge >= 0.3 is 0 Å². The Morgan fingerprint density at radius 1 is 1.43 bits per heavy atom. The number of nitrogens with two attached hydrogens (primary N) is 2. The maximum atomic E-state index is 11.3. The Bertz CT molecular complexity index is 297. The van der Waals surface area contributed by atoms with Gasteiger partial charge in [-0.3, -0.25) is 4.79 Å². The molecule has 0 radical (unpaired) electrons. The van der Waals surface area contributed by atoms with Gasteiger partial charge in [-0.1, -0.05) is 0 Å². The molecule has 7 heteroatoms. The molecule has 0 aromatic rings. The van der Waals surface area contributed by atoms with Gasteiger partial charge in [-0.05, 0) is 26.8 Å². The smallest absolute Gasteiger partial charge is 0.238 e. The molecule has 0 fully saturated rings. The van der Waals surface area contributed by atoms with Gasteiger partial charge in [-0.2, -0.15) is 0 Å². The van der Waals surface area contributed by atoms with Crippen molar-refractivity contribution in [3.63, 3.8) is 0 Å². The van der Waals surface area contributed by atoms with E-state index in [2.05, 4.69) is 4.72 Å². The predicted octanol–water partition coefficient (Wildman–Crippen LogP) is -1.48. The molecule has 0 heterocycles. The third-order valence-electron chi connectivity index (χ3n) is 1.64. The van der Waals surface area contributed by atoms with Gasteiger partial charge in [-0.25, -0.2) is 13.1 Å². The first-order valence-electron chi connectivity index (χ1n) is 4.23. The van der Waals surface area contributed by atoms with Crippen LogP contribution < -0.4 is 16.2 Å². The molecule has 0 aromatic heterocycles. The van der Waals surface area contributed by atoms with Crippen LogP contribution in [0.5, 0.6) is 0 Å². The second-order valence-electron chi connectivity index (χ2n) is 3.55. The van der Waals surface area contributed by atoms with E-state index in [0.29, 0.717) is 6.42 Å². The number of carbonyl (C=O) groups excluding carboxylic acids is 1. The zero-order chi connectivity index (χ0) is 11.4. The van der Waals surface area contributed by atoms with Crippen molar-refractivity contribution < 1.29 is 13.2 Å². The summed E-state index contributed by atoms with van der Waals surface area (Å²) >= 11 is 0. The largest absolute Gasteiger partial charge is 0.368 e. The summed E-state index contributed by atoms with van der Waals surface area (Å²) in [6, 6.07) is 0. The van der Waals surface area contributed by atoms with E-state index in [4.69, 9.17) is 11.5 Å². The number of primary amides is 1. The third-order valence-corrected chi connectivity index (χ3v) is 3.29. The van der Waals surface area contributed by atoms with E-state index >= 15 is 0 Å². The average molecular weight is 223 g/mol. The average Bonchev–Trinajstić information content (AvgIpc) is 1.99. The van der Waals surface area contributed by atoms with Crippen LogP contribution in [0.25, 0.3) is 0 Å². The van der Waals surface area contributed by atoms with E-state index in [1.807, 2.05) is 0 Å². The summed E-state index contributed by atoms with van der Waals surface area (Å²) in [5.74, 6) is -0.811. The first kappa shape index (κ1) is 13.3. The number of hydrogen-bond donors (Lipinski definition) is 3. The molecule has 0 atom stereocenters. The van der Waals surface area contributed by atoms with Gasteiger partial charge < -0.3 is 11.5 Å². The standard InChI is InChI=1S/C7H17N3O3S/c1-7(2,6(9)11)10-14(12,13)5-3-4-8/h10H,3-5,8H2,1-2H3,(H2,9,11). The monoisotopic (exact) mass is 223 g/mol. The maximum Gasteiger partial charge on any atom is 0.238 e. The lowest BCUT2D eigenvalue weighted by Crippen LogP contribution is -2.53. The van der Waals surface area contributed by atoms with Gasteiger partial charge in [0, 0.05) is 0 Å². The van der Waals surface area contributed by atoms with Crippen molar-refractivity contribution >= 4 is 15.9 Å². The highest BCUT2D eigenvalue weighted by Crippen LogP contribution is 2.03. The molecule has 0 aliphatic heterocycles. The zero-order valence-electron chi connectivity index (χ0n) is 8.41. The Hall–Kier alpha value is -0.660.